The molecule has 0 aromatic heterocycles. The molecule has 3 atom stereocenters. The van der Waals surface area contributed by atoms with E-state index < -0.39 is 0 Å². The standard InChI is InChI=1S/C22H25N3O2/c1-2-15-8-6-7-11-19(15)24-22(27)25-14-17-12-18(25)13-20(17)23-21(26)16-9-4-3-5-10-16/h3-11,17-18,20H,2,12-14H2,1H3,(H,23,26)(H,24,27)/t17-,18-,20-/m0/s1. The average molecular weight is 363 g/mol. The second-order valence-electron chi connectivity index (χ2n) is 7.42. The van der Waals surface area contributed by atoms with Gasteiger partial charge in [0, 0.05) is 29.9 Å². The maximum atomic E-state index is 12.8. The summed E-state index contributed by atoms with van der Waals surface area (Å²) in [6, 6.07) is 17.5. The van der Waals surface area contributed by atoms with E-state index in [2.05, 4.69) is 17.6 Å². The van der Waals surface area contributed by atoms with Crippen molar-refractivity contribution in [1.29, 1.82) is 0 Å². The second kappa shape index (κ2) is 7.43. The highest BCUT2D eigenvalue weighted by Gasteiger charge is 2.47. The molecule has 2 bridgehead atoms. The molecule has 2 aromatic rings. The number of nitrogens with zero attached hydrogens (tertiary/aromatic N) is 1. The third-order valence-electron chi connectivity index (χ3n) is 5.80. The number of benzene rings is 2. The smallest absolute Gasteiger partial charge is 0.322 e. The van der Waals surface area contributed by atoms with E-state index in [1.54, 1.807) is 0 Å². The van der Waals surface area contributed by atoms with Gasteiger partial charge in [-0.3, -0.25) is 4.79 Å². The number of amides is 3. The minimum Gasteiger partial charge on any atom is -0.349 e. The first-order chi connectivity index (χ1) is 13.2. The Balaban J connectivity index is 1.36. The van der Waals surface area contributed by atoms with Crippen molar-refractivity contribution in [2.45, 2.75) is 38.3 Å². The number of hydrogen-bond acceptors (Lipinski definition) is 2. The van der Waals surface area contributed by atoms with E-state index in [1.807, 2.05) is 59.5 Å². The largest absolute Gasteiger partial charge is 0.349 e. The third-order valence-corrected chi connectivity index (χ3v) is 5.80. The Hall–Kier alpha value is -2.82. The van der Waals surface area contributed by atoms with Crippen LogP contribution in [0.25, 0.3) is 0 Å². The monoisotopic (exact) mass is 363 g/mol. The molecule has 27 heavy (non-hydrogen) atoms. The van der Waals surface area contributed by atoms with Crippen molar-refractivity contribution in [2.24, 2.45) is 5.92 Å². The summed E-state index contributed by atoms with van der Waals surface area (Å²) in [5.41, 5.74) is 2.72. The maximum Gasteiger partial charge on any atom is 0.322 e. The van der Waals surface area contributed by atoms with Gasteiger partial charge in [-0.2, -0.15) is 0 Å². The van der Waals surface area contributed by atoms with Gasteiger partial charge in [-0.1, -0.05) is 43.3 Å². The SMILES string of the molecule is CCc1ccccc1NC(=O)N1C[C@@H]2C[C@H]1C[C@@H]2NC(=O)c1ccccc1. The Kier molecular flexibility index (Phi) is 4.84. The number of hydrogen-bond donors (Lipinski definition) is 2. The molecule has 2 aromatic carbocycles. The van der Waals surface area contributed by atoms with Gasteiger partial charge in [0.1, 0.15) is 0 Å². The summed E-state index contributed by atoms with van der Waals surface area (Å²) in [6.45, 7) is 2.79. The topological polar surface area (TPSA) is 61.4 Å². The molecule has 0 radical (unpaired) electrons. The number of anilines is 1. The van der Waals surface area contributed by atoms with Crippen LogP contribution in [0.3, 0.4) is 0 Å². The maximum absolute atomic E-state index is 12.8. The number of piperidine rings is 1. The summed E-state index contributed by atoms with van der Waals surface area (Å²) in [4.78, 5) is 27.1. The molecule has 2 aliphatic rings. The van der Waals surface area contributed by atoms with Crippen LogP contribution in [-0.4, -0.2) is 35.5 Å². The predicted molar refractivity (Wildman–Crippen MR) is 106 cm³/mol. The van der Waals surface area contributed by atoms with Gasteiger partial charge < -0.3 is 15.5 Å². The van der Waals surface area contributed by atoms with Crippen LogP contribution in [0.5, 0.6) is 0 Å². The molecule has 2 N–H and O–H groups in total. The van der Waals surface area contributed by atoms with E-state index >= 15 is 0 Å². The molecular formula is C22H25N3O2. The zero-order valence-corrected chi connectivity index (χ0v) is 15.5. The average Bonchev–Trinajstić information content (AvgIpc) is 3.29. The zero-order chi connectivity index (χ0) is 18.8. The highest BCUT2D eigenvalue weighted by atomic mass is 16.2. The number of carbonyl (C=O) groups excluding carboxylic acids is 2. The molecular weight excluding hydrogens is 338 g/mol. The Morgan fingerprint density at radius 2 is 1.78 bits per heavy atom. The normalized spacial score (nSPS) is 23.3. The molecule has 1 aliphatic carbocycles. The zero-order valence-electron chi connectivity index (χ0n) is 15.5. The van der Waals surface area contributed by atoms with Crippen LogP contribution in [0.1, 0.15) is 35.7 Å². The van der Waals surface area contributed by atoms with Crippen LogP contribution >= 0.6 is 0 Å². The molecule has 5 heteroatoms. The van der Waals surface area contributed by atoms with Gasteiger partial charge in [0.15, 0.2) is 0 Å². The fraction of sp³-hybridized carbons (Fsp3) is 0.364. The first-order valence-corrected chi connectivity index (χ1v) is 9.67. The Morgan fingerprint density at radius 1 is 1.04 bits per heavy atom. The van der Waals surface area contributed by atoms with Crippen molar-refractivity contribution in [3.63, 3.8) is 0 Å². The van der Waals surface area contributed by atoms with Crippen LogP contribution in [0.15, 0.2) is 54.6 Å². The van der Waals surface area contributed by atoms with Crippen molar-refractivity contribution in [1.82, 2.24) is 10.2 Å². The second-order valence-corrected chi connectivity index (χ2v) is 7.42. The Bertz CT molecular complexity index is 836. The molecule has 0 spiro atoms. The molecule has 1 saturated heterocycles. The first kappa shape index (κ1) is 17.6. The van der Waals surface area contributed by atoms with E-state index in [9.17, 15) is 9.59 Å². The number of para-hydroxylation sites is 1. The quantitative estimate of drug-likeness (QED) is 0.871. The number of likely N-dealkylation sites (tertiary alicyclic amines) is 1. The molecule has 1 aliphatic heterocycles. The number of aryl methyl sites for hydroxylation is 1. The molecule has 1 heterocycles. The fourth-order valence-electron chi connectivity index (χ4n) is 4.36. The Labute approximate surface area is 159 Å². The van der Waals surface area contributed by atoms with Gasteiger partial charge in [0.25, 0.3) is 5.91 Å². The molecule has 2 fully saturated rings. The molecule has 5 nitrogen and oxygen atoms in total. The Morgan fingerprint density at radius 3 is 2.48 bits per heavy atom. The summed E-state index contributed by atoms with van der Waals surface area (Å²) in [6.07, 6.45) is 2.67. The van der Waals surface area contributed by atoms with E-state index in [1.165, 1.54) is 0 Å². The van der Waals surface area contributed by atoms with E-state index in [-0.39, 0.29) is 24.0 Å². The highest BCUT2D eigenvalue weighted by molar-refractivity contribution is 5.94. The highest BCUT2D eigenvalue weighted by Crippen LogP contribution is 2.38. The first-order valence-electron chi connectivity index (χ1n) is 9.67. The number of urea groups is 1. The predicted octanol–water partition coefficient (Wildman–Crippen LogP) is 3.67. The summed E-state index contributed by atoms with van der Waals surface area (Å²) < 4.78 is 0. The van der Waals surface area contributed by atoms with Crippen molar-refractivity contribution in [3.8, 4) is 0 Å². The van der Waals surface area contributed by atoms with E-state index in [0.29, 0.717) is 18.0 Å². The number of carbonyl (C=O) groups is 2. The fourth-order valence-corrected chi connectivity index (χ4v) is 4.36. The molecule has 140 valence electrons. The lowest BCUT2D eigenvalue weighted by molar-refractivity contribution is 0.0915. The minimum atomic E-state index is -0.0313. The lowest BCUT2D eigenvalue weighted by Crippen LogP contribution is -2.48. The van der Waals surface area contributed by atoms with Gasteiger partial charge >= 0.3 is 6.03 Å². The molecule has 0 unspecified atom stereocenters. The van der Waals surface area contributed by atoms with Crippen LogP contribution in [0, 0.1) is 5.92 Å². The van der Waals surface area contributed by atoms with Crippen molar-refractivity contribution >= 4 is 17.6 Å². The summed E-state index contributed by atoms with van der Waals surface area (Å²) in [5.74, 6) is 0.302. The van der Waals surface area contributed by atoms with Gasteiger partial charge in [0.05, 0.1) is 0 Å². The van der Waals surface area contributed by atoms with Crippen LogP contribution in [-0.2, 0) is 6.42 Å². The molecule has 1 saturated carbocycles. The van der Waals surface area contributed by atoms with E-state index in [0.717, 1.165) is 30.5 Å². The van der Waals surface area contributed by atoms with Crippen LogP contribution < -0.4 is 10.6 Å². The van der Waals surface area contributed by atoms with Gasteiger partial charge in [0.2, 0.25) is 0 Å². The van der Waals surface area contributed by atoms with Gasteiger partial charge in [-0.25, -0.2) is 4.79 Å². The van der Waals surface area contributed by atoms with Gasteiger partial charge in [-0.15, -0.1) is 0 Å². The van der Waals surface area contributed by atoms with Crippen molar-refractivity contribution in [2.75, 3.05) is 11.9 Å². The van der Waals surface area contributed by atoms with Crippen LogP contribution in [0.2, 0.25) is 0 Å². The number of nitrogens with one attached hydrogen (secondary N) is 2. The summed E-state index contributed by atoms with van der Waals surface area (Å²) in [7, 11) is 0. The summed E-state index contributed by atoms with van der Waals surface area (Å²) >= 11 is 0. The molecule has 4 rings (SSSR count). The van der Waals surface area contributed by atoms with Crippen LogP contribution in [0.4, 0.5) is 10.5 Å². The third kappa shape index (κ3) is 3.54. The van der Waals surface area contributed by atoms with E-state index in [4.69, 9.17) is 0 Å². The summed E-state index contributed by atoms with van der Waals surface area (Å²) in [5, 5.41) is 6.23. The van der Waals surface area contributed by atoms with Crippen molar-refractivity contribution in [3.05, 3.63) is 65.7 Å². The number of fused-ring (bicyclic) bond motifs is 2. The molecule has 3 amide bonds. The number of rotatable bonds is 4. The van der Waals surface area contributed by atoms with Gasteiger partial charge in [-0.05, 0) is 48.9 Å². The lowest BCUT2D eigenvalue weighted by Gasteiger charge is -2.32. The minimum absolute atomic E-state index is 0.0268. The van der Waals surface area contributed by atoms with Crippen molar-refractivity contribution < 1.29 is 9.59 Å². The lowest BCUT2D eigenvalue weighted by atomic mass is 10.0.